The van der Waals surface area contributed by atoms with Crippen molar-refractivity contribution in [3.63, 3.8) is 0 Å². The number of thioether (sulfide) groups is 1. The summed E-state index contributed by atoms with van der Waals surface area (Å²) < 4.78 is 8.94. The van der Waals surface area contributed by atoms with Gasteiger partial charge in [0, 0.05) is 23.2 Å². The highest BCUT2D eigenvalue weighted by molar-refractivity contribution is 7.99. The molecule has 0 aliphatic carbocycles. The first-order valence-corrected chi connectivity index (χ1v) is 12.5. The number of benzene rings is 2. The number of ether oxygens (including phenoxy) is 1. The van der Waals surface area contributed by atoms with Gasteiger partial charge in [0.2, 0.25) is 5.91 Å². The fraction of sp³-hybridized carbons (Fsp3) is 0.292. The number of carbonyl (C=O) groups excluding carboxylic acids is 1. The summed E-state index contributed by atoms with van der Waals surface area (Å²) >= 11 is 2.77. The summed E-state index contributed by atoms with van der Waals surface area (Å²) in [4.78, 5) is 30.8. The van der Waals surface area contributed by atoms with E-state index in [9.17, 15) is 9.59 Å². The molecule has 6 nitrogen and oxygen atoms in total. The van der Waals surface area contributed by atoms with Gasteiger partial charge in [-0.25, -0.2) is 4.98 Å². The highest BCUT2D eigenvalue weighted by Crippen LogP contribution is 2.32. The van der Waals surface area contributed by atoms with Gasteiger partial charge in [-0.1, -0.05) is 60.3 Å². The van der Waals surface area contributed by atoms with Gasteiger partial charge in [0.1, 0.15) is 4.70 Å². The fourth-order valence-electron chi connectivity index (χ4n) is 3.88. The van der Waals surface area contributed by atoms with Crippen LogP contribution in [-0.4, -0.2) is 40.5 Å². The fourth-order valence-corrected chi connectivity index (χ4v) is 5.80. The van der Waals surface area contributed by atoms with E-state index in [2.05, 4.69) is 5.32 Å². The van der Waals surface area contributed by atoms with Crippen LogP contribution in [0.1, 0.15) is 18.4 Å². The topological polar surface area (TPSA) is 73.2 Å². The molecule has 1 fully saturated rings. The number of nitrogens with zero attached hydrogens (tertiary/aromatic N) is 2. The summed E-state index contributed by atoms with van der Waals surface area (Å²) in [6.45, 7) is 1.70. The van der Waals surface area contributed by atoms with E-state index in [-0.39, 0.29) is 23.3 Å². The molecule has 1 N–H and O–H groups in total. The molecule has 1 saturated heterocycles. The molecular weight excluding hydrogens is 442 g/mol. The van der Waals surface area contributed by atoms with Crippen molar-refractivity contribution in [2.45, 2.75) is 30.6 Å². The van der Waals surface area contributed by atoms with Crippen molar-refractivity contribution < 1.29 is 9.53 Å². The highest BCUT2D eigenvalue weighted by Gasteiger charge is 2.19. The third kappa shape index (κ3) is 4.44. The van der Waals surface area contributed by atoms with Crippen LogP contribution in [0.4, 0.5) is 0 Å². The van der Waals surface area contributed by atoms with E-state index >= 15 is 0 Å². The molecule has 0 spiro atoms. The predicted molar refractivity (Wildman–Crippen MR) is 130 cm³/mol. The van der Waals surface area contributed by atoms with Crippen molar-refractivity contribution in [3.05, 3.63) is 70.5 Å². The van der Waals surface area contributed by atoms with Crippen LogP contribution in [0.3, 0.4) is 0 Å². The van der Waals surface area contributed by atoms with Gasteiger partial charge in [0.25, 0.3) is 5.56 Å². The first-order chi connectivity index (χ1) is 15.7. The maximum atomic E-state index is 13.5. The second kappa shape index (κ2) is 9.44. The molecule has 0 bridgehead atoms. The Bertz CT molecular complexity index is 1310. The zero-order valence-corrected chi connectivity index (χ0v) is 19.1. The van der Waals surface area contributed by atoms with E-state index in [4.69, 9.17) is 9.72 Å². The van der Waals surface area contributed by atoms with Gasteiger partial charge in [0.15, 0.2) is 5.16 Å². The third-order valence-corrected chi connectivity index (χ3v) is 7.64. The lowest BCUT2D eigenvalue weighted by molar-refractivity contribution is -0.119. The minimum Gasteiger partial charge on any atom is -0.376 e. The monoisotopic (exact) mass is 465 g/mol. The summed E-state index contributed by atoms with van der Waals surface area (Å²) in [5.74, 6) is 0.114. The smallest absolute Gasteiger partial charge is 0.272 e. The van der Waals surface area contributed by atoms with Gasteiger partial charge < -0.3 is 10.1 Å². The van der Waals surface area contributed by atoms with Crippen LogP contribution in [0.15, 0.2) is 64.5 Å². The molecule has 0 radical (unpaired) electrons. The van der Waals surface area contributed by atoms with E-state index in [0.717, 1.165) is 35.1 Å². The SMILES string of the molecule is O=C(CSc1nc2c(sc3ccccc32)c(=O)n1Cc1ccccc1)NC[C@H]1CCCO1. The van der Waals surface area contributed by atoms with Gasteiger partial charge in [-0.15, -0.1) is 11.3 Å². The van der Waals surface area contributed by atoms with Crippen molar-refractivity contribution in [1.82, 2.24) is 14.9 Å². The third-order valence-electron chi connectivity index (χ3n) is 5.51. The molecule has 4 aromatic rings. The Labute approximate surface area is 193 Å². The van der Waals surface area contributed by atoms with Gasteiger partial charge in [-0.3, -0.25) is 14.2 Å². The standard InChI is InChI=1S/C24H23N3O3S2/c28-20(25-13-17-9-6-12-30-17)15-31-24-26-21-18-10-4-5-11-19(18)32-22(21)23(29)27(24)14-16-7-2-1-3-8-16/h1-5,7-8,10-11,17H,6,9,12-15H2,(H,25,28)/t17-/m1/s1. The number of hydrogen-bond acceptors (Lipinski definition) is 6. The largest absolute Gasteiger partial charge is 0.376 e. The quantitative estimate of drug-likeness (QED) is 0.329. The predicted octanol–water partition coefficient (Wildman–Crippen LogP) is 4.05. The molecule has 0 unspecified atom stereocenters. The number of nitrogens with one attached hydrogen (secondary N) is 1. The molecule has 3 heterocycles. The summed E-state index contributed by atoms with van der Waals surface area (Å²) in [6.07, 6.45) is 2.12. The maximum Gasteiger partial charge on any atom is 0.272 e. The first-order valence-electron chi connectivity index (χ1n) is 10.7. The molecule has 0 saturated carbocycles. The van der Waals surface area contributed by atoms with Crippen molar-refractivity contribution in [3.8, 4) is 0 Å². The molecule has 1 aliphatic heterocycles. The lowest BCUT2D eigenvalue weighted by Crippen LogP contribution is -2.33. The summed E-state index contributed by atoms with van der Waals surface area (Å²) in [5, 5.41) is 4.47. The Kier molecular flexibility index (Phi) is 6.25. The minimum absolute atomic E-state index is 0.0673. The van der Waals surface area contributed by atoms with E-state index in [1.807, 2.05) is 54.6 Å². The Morgan fingerprint density at radius 2 is 2.00 bits per heavy atom. The van der Waals surface area contributed by atoms with Crippen LogP contribution < -0.4 is 10.9 Å². The molecule has 2 aromatic carbocycles. The molecule has 8 heteroatoms. The summed E-state index contributed by atoms with van der Waals surface area (Å²) in [6, 6.07) is 17.8. The summed E-state index contributed by atoms with van der Waals surface area (Å²) in [7, 11) is 0. The van der Waals surface area contributed by atoms with Crippen molar-refractivity contribution >= 4 is 49.3 Å². The maximum absolute atomic E-state index is 13.5. The number of rotatable bonds is 7. The molecule has 2 aromatic heterocycles. The molecule has 1 atom stereocenters. The number of hydrogen-bond donors (Lipinski definition) is 1. The van der Waals surface area contributed by atoms with Crippen LogP contribution >= 0.6 is 23.1 Å². The van der Waals surface area contributed by atoms with Crippen LogP contribution in [0.2, 0.25) is 0 Å². The molecular formula is C24H23N3O3S2. The molecule has 32 heavy (non-hydrogen) atoms. The van der Waals surface area contributed by atoms with Gasteiger partial charge >= 0.3 is 0 Å². The minimum atomic E-state index is -0.0821. The van der Waals surface area contributed by atoms with Crippen LogP contribution in [0.5, 0.6) is 0 Å². The first kappa shape index (κ1) is 21.2. The molecule has 5 rings (SSSR count). The highest BCUT2D eigenvalue weighted by atomic mass is 32.2. The number of thiophene rings is 1. The van der Waals surface area contributed by atoms with Crippen LogP contribution in [0, 0.1) is 0 Å². The molecule has 1 aliphatic rings. The van der Waals surface area contributed by atoms with Gasteiger partial charge in [-0.2, -0.15) is 0 Å². The molecule has 164 valence electrons. The average Bonchev–Trinajstić information content (AvgIpc) is 3.47. The summed E-state index contributed by atoms with van der Waals surface area (Å²) in [5.41, 5.74) is 1.66. The Hall–Kier alpha value is -2.68. The lowest BCUT2D eigenvalue weighted by atomic mass is 10.2. The number of amides is 1. The van der Waals surface area contributed by atoms with Gasteiger partial charge in [-0.05, 0) is 24.5 Å². The number of carbonyl (C=O) groups is 1. The second-order valence-corrected chi connectivity index (χ2v) is 9.77. The normalized spacial score (nSPS) is 16.1. The average molecular weight is 466 g/mol. The zero-order chi connectivity index (χ0) is 21.9. The van der Waals surface area contributed by atoms with Crippen molar-refractivity contribution in [1.29, 1.82) is 0 Å². The second-order valence-electron chi connectivity index (χ2n) is 7.78. The van der Waals surface area contributed by atoms with Crippen LogP contribution in [0.25, 0.3) is 20.3 Å². The Balaban J connectivity index is 1.45. The Morgan fingerprint density at radius 3 is 2.81 bits per heavy atom. The zero-order valence-electron chi connectivity index (χ0n) is 17.5. The molecule has 1 amide bonds. The van der Waals surface area contributed by atoms with E-state index in [1.165, 1.54) is 23.1 Å². The number of aromatic nitrogens is 2. The number of fused-ring (bicyclic) bond motifs is 3. The van der Waals surface area contributed by atoms with E-state index in [1.54, 1.807) is 4.57 Å². The van der Waals surface area contributed by atoms with E-state index < -0.39 is 0 Å². The van der Waals surface area contributed by atoms with Gasteiger partial charge in [0.05, 0.1) is 23.9 Å². The Morgan fingerprint density at radius 1 is 1.19 bits per heavy atom. The van der Waals surface area contributed by atoms with E-state index in [0.29, 0.717) is 28.5 Å². The lowest BCUT2D eigenvalue weighted by Gasteiger charge is -2.13. The van der Waals surface area contributed by atoms with Crippen molar-refractivity contribution in [2.24, 2.45) is 0 Å². The van der Waals surface area contributed by atoms with Crippen LogP contribution in [-0.2, 0) is 16.1 Å². The van der Waals surface area contributed by atoms with Crippen molar-refractivity contribution in [2.75, 3.05) is 18.9 Å².